The molecule has 0 amide bonds. The van der Waals surface area contributed by atoms with E-state index in [-0.39, 0.29) is 24.0 Å². The number of nitrogens with one attached hydrogen (secondary N) is 2. The maximum atomic E-state index is 4.65. The van der Waals surface area contributed by atoms with Gasteiger partial charge in [-0.05, 0) is 55.2 Å². The highest BCUT2D eigenvalue weighted by molar-refractivity contribution is 14.0. The zero-order valence-corrected chi connectivity index (χ0v) is 18.8. The van der Waals surface area contributed by atoms with Crippen molar-refractivity contribution < 1.29 is 0 Å². The van der Waals surface area contributed by atoms with Gasteiger partial charge in [0, 0.05) is 39.3 Å². The molecule has 0 saturated carbocycles. The van der Waals surface area contributed by atoms with E-state index < -0.39 is 0 Å². The Morgan fingerprint density at radius 1 is 1.12 bits per heavy atom. The maximum absolute atomic E-state index is 4.65. The Morgan fingerprint density at radius 2 is 1.88 bits per heavy atom. The molecular weight excluding hydrogens is 445 g/mol. The molecule has 7 heteroatoms. The second-order valence-corrected chi connectivity index (χ2v) is 7.02. The van der Waals surface area contributed by atoms with Crippen LogP contribution in [0, 0.1) is 0 Å². The molecule has 0 bridgehead atoms. The molecule has 1 fully saturated rings. The van der Waals surface area contributed by atoms with Gasteiger partial charge in [0.05, 0.1) is 6.54 Å². The smallest absolute Gasteiger partial charge is 0.191 e. The van der Waals surface area contributed by atoms with E-state index in [1.165, 1.54) is 57.7 Å². The zero-order valence-electron chi connectivity index (χ0n) is 15.7. The van der Waals surface area contributed by atoms with E-state index in [0.29, 0.717) is 0 Å². The summed E-state index contributed by atoms with van der Waals surface area (Å²) in [7, 11) is 0. The fraction of sp³-hybridized carbons (Fsp3) is 0.722. The first-order valence-corrected chi connectivity index (χ1v) is 10.2. The number of hydrogen-bond donors (Lipinski definition) is 2. The highest BCUT2D eigenvalue weighted by Gasteiger charge is 2.14. The Hall–Kier alpha value is -0.380. The Bertz CT molecular complexity index is 458. The second kappa shape index (κ2) is 13.8. The van der Waals surface area contributed by atoms with Gasteiger partial charge in [-0.15, -0.1) is 24.0 Å². The van der Waals surface area contributed by atoms with Crippen molar-refractivity contribution in [3.05, 3.63) is 22.4 Å². The van der Waals surface area contributed by atoms with Crippen LogP contribution in [0.15, 0.2) is 21.8 Å². The average Bonchev–Trinajstić information content (AvgIpc) is 3.13. The van der Waals surface area contributed by atoms with E-state index in [1.54, 1.807) is 11.3 Å². The molecule has 144 valence electrons. The van der Waals surface area contributed by atoms with Crippen molar-refractivity contribution in [2.45, 2.75) is 33.2 Å². The van der Waals surface area contributed by atoms with Gasteiger partial charge in [-0.1, -0.05) is 6.92 Å². The van der Waals surface area contributed by atoms with E-state index in [2.05, 4.69) is 56.1 Å². The minimum Gasteiger partial charge on any atom is -0.357 e. The van der Waals surface area contributed by atoms with Crippen molar-refractivity contribution in [3.63, 3.8) is 0 Å². The highest BCUT2D eigenvalue weighted by Crippen LogP contribution is 2.06. The minimum absolute atomic E-state index is 0. The third kappa shape index (κ3) is 9.21. The summed E-state index contributed by atoms with van der Waals surface area (Å²) in [5, 5.41) is 11.0. The first-order valence-electron chi connectivity index (χ1n) is 9.29. The lowest BCUT2D eigenvalue weighted by Gasteiger charge is -2.34. The summed E-state index contributed by atoms with van der Waals surface area (Å²) in [6.45, 7) is 14.3. The number of thiophene rings is 1. The summed E-state index contributed by atoms with van der Waals surface area (Å²) in [5.41, 5.74) is 1.28. The molecule has 2 rings (SSSR count). The monoisotopic (exact) mass is 479 g/mol. The van der Waals surface area contributed by atoms with Gasteiger partial charge >= 0.3 is 0 Å². The number of likely N-dealkylation sites (N-methyl/N-ethyl adjacent to an activating group) is 1. The molecule has 0 atom stereocenters. The number of unbranched alkanes of at least 4 members (excludes halogenated alkanes) is 1. The van der Waals surface area contributed by atoms with Gasteiger partial charge in [-0.25, -0.2) is 4.99 Å². The van der Waals surface area contributed by atoms with Crippen LogP contribution in [0.3, 0.4) is 0 Å². The molecule has 2 heterocycles. The van der Waals surface area contributed by atoms with Crippen LogP contribution < -0.4 is 10.6 Å². The van der Waals surface area contributed by atoms with Gasteiger partial charge in [0.1, 0.15) is 0 Å². The molecule has 2 N–H and O–H groups in total. The third-order valence-corrected chi connectivity index (χ3v) is 5.18. The third-order valence-electron chi connectivity index (χ3n) is 4.45. The zero-order chi connectivity index (χ0) is 17.0. The molecule has 0 aliphatic carbocycles. The van der Waals surface area contributed by atoms with E-state index in [4.69, 9.17) is 0 Å². The van der Waals surface area contributed by atoms with Gasteiger partial charge in [0.15, 0.2) is 5.96 Å². The van der Waals surface area contributed by atoms with Crippen molar-refractivity contribution in [2.24, 2.45) is 4.99 Å². The van der Waals surface area contributed by atoms with Crippen LogP contribution >= 0.6 is 35.3 Å². The molecule has 1 aromatic rings. The highest BCUT2D eigenvalue weighted by atomic mass is 127. The van der Waals surface area contributed by atoms with Crippen LogP contribution in [0.1, 0.15) is 32.3 Å². The van der Waals surface area contributed by atoms with E-state index in [1.807, 2.05) is 0 Å². The van der Waals surface area contributed by atoms with Crippen LogP contribution in [0.5, 0.6) is 0 Å². The SMILES string of the molecule is CCNC(=NCc1ccsc1)NCCCCN1CCN(CC)CC1.I. The molecule has 25 heavy (non-hydrogen) atoms. The molecule has 0 aromatic carbocycles. The van der Waals surface area contributed by atoms with E-state index >= 15 is 0 Å². The fourth-order valence-corrected chi connectivity index (χ4v) is 3.55. The number of piperazine rings is 1. The molecule has 0 spiro atoms. The summed E-state index contributed by atoms with van der Waals surface area (Å²) in [6.07, 6.45) is 2.44. The van der Waals surface area contributed by atoms with E-state index in [0.717, 1.165) is 25.6 Å². The summed E-state index contributed by atoms with van der Waals surface area (Å²) >= 11 is 1.73. The lowest BCUT2D eigenvalue weighted by atomic mass is 10.2. The van der Waals surface area contributed by atoms with Crippen LogP contribution in [-0.2, 0) is 6.54 Å². The summed E-state index contributed by atoms with van der Waals surface area (Å²) < 4.78 is 0. The molecular formula is C18H34IN5S. The average molecular weight is 479 g/mol. The number of guanidine groups is 1. The molecule has 1 aromatic heterocycles. The topological polar surface area (TPSA) is 42.9 Å². The second-order valence-electron chi connectivity index (χ2n) is 6.24. The number of halogens is 1. The van der Waals surface area contributed by atoms with Gasteiger partial charge in [-0.3, -0.25) is 0 Å². The standard InChI is InChI=1S/C18H33N5S.HI/c1-3-19-18(21-15-17-7-14-24-16-17)20-8-5-6-9-23-12-10-22(4-2)11-13-23;/h7,14,16H,3-6,8-13,15H2,1-2H3,(H2,19,20,21);1H. The van der Waals surface area contributed by atoms with Crippen molar-refractivity contribution >= 4 is 41.3 Å². The molecule has 0 unspecified atom stereocenters. The molecule has 5 nitrogen and oxygen atoms in total. The van der Waals surface area contributed by atoms with E-state index in [9.17, 15) is 0 Å². The Balaban J connectivity index is 0.00000312. The van der Waals surface area contributed by atoms with Crippen LogP contribution in [-0.4, -0.2) is 68.1 Å². The Labute approximate surface area is 174 Å². The summed E-state index contributed by atoms with van der Waals surface area (Å²) in [5.74, 6) is 0.931. The van der Waals surface area contributed by atoms with Gasteiger partial charge < -0.3 is 20.4 Å². The van der Waals surface area contributed by atoms with Gasteiger partial charge in [0.25, 0.3) is 0 Å². The van der Waals surface area contributed by atoms with Gasteiger partial charge in [-0.2, -0.15) is 11.3 Å². The van der Waals surface area contributed by atoms with Crippen molar-refractivity contribution in [2.75, 3.05) is 52.4 Å². The number of nitrogens with zero attached hydrogens (tertiary/aromatic N) is 3. The normalized spacial score (nSPS) is 16.5. The predicted octanol–water partition coefficient (Wildman–Crippen LogP) is 2.84. The number of hydrogen-bond acceptors (Lipinski definition) is 4. The molecule has 0 radical (unpaired) electrons. The number of aliphatic imine (C=N–C) groups is 1. The quantitative estimate of drug-likeness (QED) is 0.248. The van der Waals surface area contributed by atoms with Gasteiger partial charge in [0.2, 0.25) is 0 Å². The van der Waals surface area contributed by atoms with Crippen LogP contribution in [0.2, 0.25) is 0 Å². The molecule has 1 saturated heterocycles. The van der Waals surface area contributed by atoms with Crippen molar-refractivity contribution in [1.82, 2.24) is 20.4 Å². The van der Waals surface area contributed by atoms with Crippen molar-refractivity contribution in [1.29, 1.82) is 0 Å². The Kier molecular flexibility index (Phi) is 12.5. The van der Waals surface area contributed by atoms with Crippen LogP contribution in [0.4, 0.5) is 0 Å². The first kappa shape index (κ1) is 22.7. The largest absolute Gasteiger partial charge is 0.357 e. The van der Waals surface area contributed by atoms with Crippen LogP contribution in [0.25, 0.3) is 0 Å². The van der Waals surface area contributed by atoms with Crippen molar-refractivity contribution in [3.8, 4) is 0 Å². The number of rotatable bonds is 9. The lowest BCUT2D eigenvalue weighted by Crippen LogP contribution is -2.46. The minimum atomic E-state index is 0. The summed E-state index contributed by atoms with van der Waals surface area (Å²) in [4.78, 5) is 9.78. The maximum Gasteiger partial charge on any atom is 0.191 e. The summed E-state index contributed by atoms with van der Waals surface area (Å²) in [6, 6.07) is 2.13. The lowest BCUT2D eigenvalue weighted by molar-refractivity contribution is 0.136. The fourth-order valence-electron chi connectivity index (χ4n) is 2.89. The Morgan fingerprint density at radius 3 is 2.52 bits per heavy atom. The predicted molar refractivity (Wildman–Crippen MR) is 120 cm³/mol. The molecule has 1 aliphatic rings. The first-order chi connectivity index (χ1) is 11.8. The molecule has 1 aliphatic heterocycles.